The van der Waals surface area contributed by atoms with Crippen LogP contribution in [0.15, 0.2) is 53.2 Å². The lowest BCUT2D eigenvalue weighted by Crippen LogP contribution is -2.07. The molecule has 2 rings (SSSR count). The monoisotopic (exact) mass is 418 g/mol. The number of allylic oxidation sites excluding steroid dienone is 2. The predicted octanol–water partition coefficient (Wildman–Crippen LogP) is 9.29. The Morgan fingerprint density at radius 2 is 1.06 bits per heavy atom. The number of hydrogen-bond acceptors (Lipinski definition) is 2. The zero-order chi connectivity index (χ0) is 23.3. The summed E-state index contributed by atoms with van der Waals surface area (Å²) in [5.41, 5.74) is 9.88. The molecule has 2 nitrogen and oxygen atoms in total. The highest BCUT2D eigenvalue weighted by molar-refractivity contribution is 5.96. The van der Waals surface area contributed by atoms with Crippen molar-refractivity contribution < 1.29 is 0 Å². The van der Waals surface area contributed by atoms with Crippen molar-refractivity contribution in [3.05, 3.63) is 70.4 Å². The highest BCUT2D eigenvalue weighted by Crippen LogP contribution is 2.35. The van der Waals surface area contributed by atoms with Crippen molar-refractivity contribution in [2.24, 2.45) is 4.99 Å². The molecule has 0 aliphatic carbocycles. The van der Waals surface area contributed by atoms with Crippen LogP contribution >= 0.6 is 0 Å². The Kier molecular flexibility index (Phi) is 8.68. The van der Waals surface area contributed by atoms with Gasteiger partial charge in [0, 0.05) is 17.1 Å². The molecule has 0 aliphatic heterocycles. The third kappa shape index (κ3) is 6.32. The Morgan fingerprint density at radius 3 is 1.45 bits per heavy atom. The van der Waals surface area contributed by atoms with Gasteiger partial charge in [-0.3, -0.25) is 4.99 Å². The molecule has 0 unspecified atom stereocenters. The van der Waals surface area contributed by atoms with Crippen LogP contribution in [0.25, 0.3) is 0 Å². The molecule has 2 aromatic carbocycles. The van der Waals surface area contributed by atoms with E-state index in [-0.39, 0.29) is 0 Å². The lowest BCUT2D eigenvalue weighted by Gasteiger charge is -2.21. The first kappa shape index (κ1) is 24.9. The highest BCUT2D eigenvalue weighted by Gasteiger charge is 2.15. The van der Waals surface area contributed by atoms with E-state index in [0.29, 0.717) is 23.7 Å². The van der Waals surface area contributed by atoms with Crippen molar-refractivity contribution in [2.45, 2.75) is 92.9 Å². The standard InChI is InChI=1S/C29H42N2/c1-18(2)24-13-11-14-25(19(3)4)28(24)30-22(9)17-23(10)31-29-26(20(5)6)15-12-16-27(29)21(7)8/h11-21,30H,1-10H3/b22-17-,31-23?. The molecule has 0 spiro atoms. The molecule has 0 amide bonds. The van der Waals surface area contributed by atoms with Gasteiger partial charge in [-0.1, -0.05) is 91.8 Å². The van der Waals surface area contributed by atoms with Gasteiger partial charge in [-0.2, -0.15) is 0 Å². The molecule has 31 heavy (non-hydrogen) atoms. The van der Waals surface area contributed by atoms with Crippen LogP contribution in [0.5, 0.6) is 0 Å². The Hall–Kier alpha value is -2.35. The van der Waals surface area contributed by atoms with E-state index in [1.54, 1.807) is 0 Å². The summed E-state index contributed by atoms with van der Waals surface area (Å²) in [7, 11) is 0. The van der Waals surface area contributed by atoms with Crippen LogP contribution < -0.4 is 5.32 Å². The number of hydrogen-bond donors (Lipinski definition) is 1. The minimum absolute atomic E-state index is 0.444. The van der Waals surface area contributed by atoms with E-state index < -0.39 is 0 Å². The number of nitrogens with one attached hydrogen (secondary N) is 1. The maximum Gasteiger partial charge on any atom is 0.0701 e. The van der Waals surface area contributed by atoms with Gasteiger partial charge in [-0.25, -0.2) is 0 Å². The van der Waals surface area contributed by atoms with E-state index in [1.165, 1.54) is 27.9 Å². The molecule has 0 heterocycles. The Morgan fingerprint density at radius 1 is 0.677 bits per heavy atom. The van der Waals surface area contributed by atoms with Crippen LogP contribution in [0.1, 0.15) is 115 Å². The number of nitrogens with zero attached hydrogens (tertiary/aromatic N) is 1. The molecular weight excluding hydrogens is 376 g/mol. The number of anilines is 1. The van der Waals surface area contributed by atoms with Crippen LogP contribution in [-0.4, -0.2) is 5.71 Å². The van der Waals surface area contributed by atoms with Crippen molar-refractivity contribution in [2.75, 3.05) is 5.32 Å². The number of aliphatic imine (C=N–C) groups is 1. The van der Waals surface area contributed by atoms with Crippen molar-refractivity contribution >= 4 is 17.1 Å². The second kappa shape index (κ2) is 10.8. The Bertz CT molecular complexity index is 891. The Labute approximate surface area is 190 Å². The fourth-order valence-electron chi connectivity index (χ4n) is 4.09. The zero-order valence-corrected chi connectivity index (χ0v) is 21.3. The summed E-state index contributed by atoms with van der Waals surface area (Å²) >= 11 is 0. The average molecular weight is 419 g/mol. The minimum atomic E-state index is 0.444. The summed E-state index contributed by atoms with van der Waals surface area (Å²) in [5, 5.41) is 3.71. The highest BCUT2D eigenvalue weighted by atomic mass is 14.9. The lowest BCUT2D eigenvalue weighted by molar-refractivity contribution is 0.834. The number of para-hydroxylation sites is 2. The minimum Gasteiger partial charge on any atom is -0.359 e. The molecule has 0 atom stereocenters. The average Bonchev–Trinajstić information content (AvgIpc) is 2.67. The fourth-order valence-corrected chi connectivity index (χ4v) is 4.09. The summed E-state index contributed by atoms with van der Waals surface area (Å²) in [6.07, 6.45) is 2.17. The summed E-state index contributed by atoms with van der Waals surface area (Å²) in [6.45, 7) is 22.2. The van der Waals surface area contributed by atoms with E-state index >= 15 is 0 Å². The Balaban J connectivity index is 2.46. The molecular formula is C29H42N2. The lowest BCUT2D eigenvalue weighted by atomic mass is 9.92. The van der Waals surface area contributed by atoms with Crippen LogP contribution in [0.4, 0.5) is 11.4 Å². The second-order valence-corrected chi connectivity index (χ2v) is 9.92. The van der Waals surface area contributed by atoms with Crippen molar-refractivity contribution in [3.63, 3.8) is 0 Å². The van der Waals surface area contributed by atoms with Gasteiger partial charge < -0.3 is 5.32 Å². The van der Waals surface area contributed by atoms with Crippen molar-refractivity contribution in [1.29, 1.82) is 0 Å². The molecule has 0 aromatic heterocycles. The van der Waals surface area contributed by atoms with E-state index in [0.717, 1.165) is 17.1 Å². The maximum absolute atomic E-state index is 5.10. The third-order valence-corrected chi connectivity index (χ3v) is 5.75. The summed E-state index contributed by atoms with van der Waals surface area (Å²) < 4.78 is 0. The van der Waals surface area contributed by atoms with Gasteiger partial charge in [-0.15, -0.1) is 0 Å². The first-order valence-electron chi connectivity index (χ1n) is 11.8. The van der Waals surface area contributed by atoms with Crippen LogP contribution in [0.3, 0.4) is 0 Å². The van der Waals surface area contributed by atoms with Gasteiger partial charge in [0.15, 0.2) is 0 Å². The second-order valence-electron chi connectivity index (χ2n) is 9.92. The van der Waals surface area contributed by atoms with Crippen molar-refractivity contribution in [3.8, 4) is 0 Å². The quantitative estimate of drug-likeness (QED) is 0.424. The predicted molar refractivity (Wildman–Crippen MR) is 139 cm³/mol. The molecule has 168 valence electrons. The molecule has 0 aliphatic rings. The van der Waals surface area contributed by atoms with E-state index in [4.69, 9.17) is 4.99 Å². The third-order valence-electron chi connectivity index (χ3n) is 5.75. The van der Waals surface area contributed by atoms with E-state index in [9.17, 15) is 0 Å². The van der Waals surface area contributed by atoms with Gasteiger partial charge >= 0.3 is 0 Å². The van der Waals surface area contributed by atoms with Gasteiger partial charge in [0.2, 0.25) is 0 Å². The van der Waals surface area contributed by atoms with Crippen LogP contribution in [0, 0.1) is 0 Å². The maximum atomic E-state index is 5.10. The normalized spacial score (nSPS) is 13.1. The first-order valence-corrected chi connectivity index (χ1v) is 11.8. The fraction of sp³-hybridized carbons (Fsp3) is 0.483. The molecule has 0 saturated carbocycles. The van der Waals surface area contributed by atoms with Gasteiger partial charge in [-0.05, 0) is 65.8 Å². The smallest absolute Gasteiger partial charge is 0.0701 e. The largest absolute Gasteiger partial charge is 0.359 e. The molecule has 1 N–H and O–H groups in total. The topological polar surface area (TPSA) is 24.4 Å². The molecule has 0 fully saturated rings. The summed E-state index contributed by atoms with van der Waals surface area (Å²) in [5.74, 6) is 1.82. The zero-order valence-electron chi connectivity index (χ0n) is 21.3. The molecule has 0 radical (unpaired) electrons. The van der Waals surface area contributed by atoms with Gasteiger partial charge in [0.25, 0.3) is 0 Å². The number of rotatable bonds is 8. The molecule has 0 saturated heterocycles. The molecule has 0 bridgehead atoms. The van der Waals surface area contributed by atoms with Crippen LogP contribution in [0.2, 0.25) is 0 Å². The molecule has 2 aromatic rings. The van der Waals surface area contributed by atoms with E-state index in [1.807, 2.05) is 0 Å². The van der Waals surface area contributed by atoms with Gasteiger partial charge in [0.1, 0.15) is 0 Å². The van der Waals surface area contributed by atoms with Crippen molar-refractivity contribution in [1.82, 2.24) is 0 Å². The summed E-state index contributed by atoms with van der Waals surface area (Å²) in [4.78, 5) is 5.10. The SMILES string of the molecule is CC(/C=C(/C)Nc1c(C(C)C)cccc1C(C)C)=Nc1c(C(C)C)cccc1C(C)C. The molecule has 2 heteroatoms. The summed E-state index contributed by atoms with van der Waals surface area (Å²) in [6, 6.07) is 13.2. The van der Waals surface area contributed by atoms with Gasteiger partial charge in [0.05, 0.1) is 5.69 Å². The number of benzene rings is 2. The first-order chi connectivity index (χ1) is 14.5. The van der Waals surface area contributed by atoms with Crippen LogP contribution in [-0.2, 0) is 0 Å². The van der Waals surface area contributed by atoms with E-state index in [2.05, 4.69) is 117 Å².